The van der Waals surface area contributed by atoms with Crippen LogP contribution in [0.1, 0.15) is 60.0 Å². The molecule has 2 N–H and O–H groups in total. The summed E-state index contributed by atoms with van der Waals surface area (Å²) in [5.74, 6) is -0.978. The SMILES string of the molecule is O=C(NO)c1cc(F)c2c(c1)C[C@@H]1CC3(CCCCC3)CN1C2. The third-order valence-electron chi connectivity index (χ3n) is 6.11. The molecule has 5 heteroatoms. The van der Waals surface area contributed by atoms with E-state index in [1.54, 1.807) is 11.5 Å². The zero-order valence-corrected chi connectivity index (χ0v) is 13.3. The fourth-order valence-corrected chi connectivity index (χ4v) is 5.01. The van der Waals surface area contributed by atoms with Crippen LogP contribution in [0, 0.1) is 11.2 Å². The number of carbonyl (C=O) groups is 1. The highest BCUT2D eigenvalue weighted by atomic mass is 19.1. The maximum atomic E-state index is 14.4. The van der Waals surface area contributed by atoms with Crippen LogP contribution >= 0.6 is 0 Å². The average Bonchev–Trinajstić information content (AvgIpc) is 2.89. The molecule has 23 heavy (non-hydrogen) atoms. The molecule has 2 heterocycles. The van der Waals surface area contributed by atoms with Crippen molar-refractivity contribution in [2.75, 3.05) is 6.54 Å². The van der Waals surface area contributed by atoms with Crippen molar-refractivity contribution < 1.29 is 14.4 Å². The molecule has 1 amide bonds. The Bertz CT molecular complexity index is 640. The van der Waals surface area contributed by atoms with E-state index < -0.39 is 5.91 Å². The highest BCUT2D eigenvalue weighted by Gasteiger charge is 2.46. The van der Waals surface area contributed by atoms with E-state index >= 15 is 0 Å². The molecule has 1 saturated carbocycles. The van der Waals surface area contributed by atoms with E-state index in [0.29, 0.717) is 18.0 Å². The van der Waals surface area contributed by atoms with E-state index in [1.807, 2.05) is 0 Å². The lowest BCUT2D eigenvalue weighted by Gasteiger charge is -2.33. The number of nitrogens with zero attached hydrogens (tertiary/aromatic N) is 1. The Kier molecular flexibility index (Phi) is 3.65. The van der Waals surface area contributed by atoms with Crippen LogP contribution in [-0.2, 0) is 13.0 Å². The van der Waals surface area contributed by atoms with Gasteiger partial charge in [-0.05, 0) is 48.8 Å². The first-order valence-corrected chi connectivity index (χ1v) is 8.60. The van der Waals surface area contributed by atoms with Gasteiger partial charge in [0, 0.05) is 30.3 Å². The highest BCUT2D eigenvalue weighted by Crippen LogP contribution is 2.48. The van der Waals surface area contributed by atoms with Gasteiger partial charge in [0.2, 0.25) is 0 Å². The summed E-state index contributed by atoms with van der Waals surface area (Å²) < 4.78 is 14.4. The van der Waals surface area contributed by atoms with Crippen LogP contribution in [0.25, 0.3) is 0 Å². The number of benzene rings is 1. The number of carbonyl (C=O) groups excluding carboxylic acids is 1. The van der Waals surface area contributed by atoms with Crippen molar-refractivity contribution in [3.8, 4) is 0 Å². The normalized spacial score (nSPS) is 25.9. The quantitative estimate of drug-likeness (QED) is 0.618. The minimum Gasteiger partial charge on any atom is -0.295 e. The summed E-state index contributed by atoms with van der Waals surface area (Å²) in [6, 6.07) is 3.44. The van der Waals surface area contributed by atoms with Gasteiger partial charge in [-0.25, -0.2) is 9.87 Å². The summed E-state index contributed by atoms with van der Waals surface area (Å²) in [6.45, 7) is 1.74. The first-order chi connectivity index (χ1) is 11.1. The molecule has 1 spiro atoms. The lowest BCUT2D eigenvalue weighted by molar-refractivity contribution is 0.0705. The second-order valence-corrected chi connectivity index (χ2v) is 7.56. The third-order valence-corrected chi connectivity index (χ3v) is 6.11. The molecule has 4 rings (SSSR count). The van der Waals surface area contributed by atoms with Gasteiger partial charge in [0.1, 0.15) is 5.82 Å². The van der Waals surface area contributed by atoms with Crippen LogP contribution in [0.15, 0.2) is 12.1 Å². The zero-order chi connectivity index (χ0) is 16.0. The number of rotatable bonds is 1. The van der Waals surface area contributed by atoms with Crippen molar-refractivity contribution in [3.63, 3.8) is 0 Å². The second-order valence-electron chi connectivity index (χ2n) is 7.56. The van der Waals surface area contributed by atoms with E-state index in [9.17, 15) is 9.18 Å². The molecule has 124 valence electrons. The van der Waals surface area contributed by atoms with Gasteiger partial charge in [-0.3, -0.25) is 14.9 Å². The predicted molar refractivity (Wildman–Crippen MR) is 83.7 cm³/mol. The standard InChI is InChI=1S/C18H23FN2O2/c19-16-8-13(17(22)20-23)6-12-7-14-9-18(4-2-1-3-5-18)11-21(14)10-15(12)16/h6,8,14,23H,1-5,7,9-11H2,(H,20,22)/t14-/m1/s1. The molecule has 0 radical (unpaired) electrons. The lowest BCUT2D eigenvalue weighted by Crippen LogP contribution is -2.36. The van der Waals surface area contributed by atoms with Crippen LogP contribution in [0.2, 0.25) is 0 Å². The van der Waals surface area contributed by atoms with Crippen molar-refractivity contribution in [1.29, 1.82) is 0 Å². The van der Waals surface area contributed by atoms with Gasteiger partial charge in [0.05, 0.1) is 0 Å². The Morgan fingerprint density at radius 3 is 2.83 bits per heavy atom. The molecular weight excluding hydrogens is 295 g/mol. The molecule has 1 aliphatic carbocycles. The summed E-state index contributed by atoms with van der Waals surface area (Å²) >= 11 is 0. The van der Waals surface area contributed by atoms with Gasteiger partial charge in [-0.2, -0.15) is 0 Å². The molecular formula is C18H23FN2O2. The largest absolute Gasteiger partial charge is 0.295 e. The van der Waals surface area contributed by atoms with Crippen molar-refractivity contribution in [2.45, 2.75) is 57.5 Å². The second kappa shape index (κ2) is 5.56. The summed E-state index contributed by atoms with van der Waals surface area (Å²) in [5, 5.41) is 8.77. The van der Waals surface area contributed by atoms with Crippen molar-refractivity contribution in [2.24, 2.45) is 5.41 Å². The number of halogens is 1. The van der Waals surface area contributed by atoms with E-state index in [1.165, 1.54) is 44.6 Å². The molecule has 0 unspecified atom stereocenters. The zero-order valence-electron chi connectivity index (χ0n) is 13.3. The highest BCUT2D eigenvalue weighted by molar-refractivity contribution is 5.93. The number of amides is 1. The third kappa shape index (κ3) is 2.56. The molecule has 1 aromatic carbocycles. The molecule has 1 aromatic rings. The Labute approximate surface area is 135 Å². The van der Waals surface area contributed by atoms with Gasteiger partial charge in [-0.15, -0.1) is 0 Å². The van der Waals surface area contributed by atoms with Gasteiger partial charge in [0.25, 0.3) is 5.91 Å². The first-order valence-electron chi connectivity index (χ1n) is 8.60. The Hall–Kier alpha value is -1.46. The van der Waals surface area contributed by atoms with E-state index in [-0.39, 0.29) is 11.4 Å². The van der Waals surface area contributed by atoms with Crippen LogP contribution in [0.4, 0.5) is 4.39 Å². The maximum Gasteiger partial charge on any atom is 0.274 e. The van der Waals surface area contributed by atoms with Crippen molar-refractivity contribution >= 4 is 5.91 Å². The van der Waals surface area contributed by atoms with Crippen LogP contribution in [-0.4, -0.2) is 28.6 Å². The summed E-state index contributed by atoms with van der Waals surface area (Å²) in [7, 11) is 0. The molecule has 3 aliphatic rings. The van der Waals surface area contributed by atoms with E-state index in [0.717, 1.165) is 24.1 Å². The average molecular weight is 318 g/mol. The van der Waals surface area contributed by atoms with Gasteiger partial charge in [-0.1, -0.05) is 19.3 Å². The summed E-state index contributed by atoms with van der Waals surface area (Å²) in [5.41, 5.74) is 3.88. The van der Waals surface area contributed by atoms with Crippen LogP contribution in [0.5, 0.6) is 0 Å². The molecule has 0 aromatic heterocycles. The summed E-state index contributed by atoms with van der Waals surface area (Å²) in [4.78, 5) is 14.0. The summed E-state index contributed by atoms with van der Waals surface area (Å²) in [6.07, 6.45) is 8.60. The van der Waals surface area contributed by atoms with Gasteiger partial charge >= 0.3 is 0 Å². The molecule has 2 fully saturated rings. The maximum absolute atomic E-state index is 14.4. The number of fused-ring (bicyclic) bond motifs is 2. The monoisotopic (exact) mass is 318 g/mol. The van der Waals surface area contributed by atoms with Crippen molar-refractivity contribution in [3.05, 3.63) is 34.6 Å². The van der Waals surface area contributed by atoms with E-state index in [2.05, 4.69) is 4.90 Å². The molecule has 0 bridgehead atoms. The fraction of sp³-hybridized carbons (Fsp3) is 0.611. The van der Waals surface area contributed by atoms with Gasteiger partial charge < -0.3 is 0 Å². The fourth-order valence-electron chi connectivity index (χ4n) is 5.01. The number of hydroxylamine groups is 1. The molecule has 4 nitrogen and oxygen atoms in total. The lowest BCUT2D eigenvalue weighted by atomic mass is 9.72. The minimum absolute atomic E-state index is 0.197. The van der Waals surface area contributed by atoms with Crippen LogP contribution < -0.4 is 5.48 Å². The van der Waals surface area contributed by atoms with E-state index in [4.69, 9.17) is 5.21 Å². The molecule has 1 saturated heterocycles. The number of hydrogen-bond donors (Lipinski definition) is 2. The van der Waals surface area contributed by atoms with Crippen LogP contribution in [0.3, 0.4) is 0 Å². The Morgan fingerprint density at radius 1 is 1.30 bits per heavy atom. The Morgan fingerprint density at radius 2 is 2.09 bits per heavy atom. The number of nitrogens with one attached hydrogen (secondary N) is 1. The molecule has 2 aliphatic heterocycles. The smallest absolute Gasteiger partial charge is 0.274 e. The molecule has 1 atom stereocenters. The topological polar surface area (TPSA) is 52.6 Å². The number of hydrogen-bond acceptors (Lipinski definition) is 3. The van der Waals surface area contributed by atoms with Crippen molar-refractivity contribution in [1.82, 2.24) is 10.4 Å². The minimum atomic E-state index is -0.649. The van der Waals surface area contributed by atoms with Gasteiger partial charge in [0.15, 0.2) is 0 Å². The Balaban J connectivity index is 1.61. The first kappa shape index (κ1) is 15.1. The predicted octanol–water partition coefficient (Wildman–Crippen LogP) is 3.03.